The van der Waals surface area contributed by atoms with Gasteiger partial charge in [-0.15, -0.1) is 5.10 Å². The molecule has 0 spiro atoms. The van der Waals surface area contributed by atoms with Crippen molar-refractivity contribution in [2.75, 3.05) is 5.32 Å². The Labute approximate surface area is 111 Å². The second-order valence-electron chi connectivity index (χ2n) is 4.40. The average Bonchev–Trinajstić information content (AvgIpc) is 2.88. The van der Waals surface area contributed by atoms with E-state index in [9.17, 15) is 4.79 Å². The third-order valence-corrected chi connectivity index (χ3v) is 2.80. The summed E-state index contributed by atoms with van der Waals surface area (Å²) in [7, 11) is 0. The Kier molecular flexibility index (Phi) is 4.22. The molecule has 0 saturated heterocycles. The first kappa shape index (κ1) is 13.2. The van der Waals surface area contributed by atoms with Gasteiger partial charge in [0.05, 0.1) is 0 Å². The van der Waals surface area contributed by atoms with Crippen LogP contribution in [0.3, 0.4) is 0 Å². The number of aromatic amines is 1. The average molecular weight is 259 g/mol. The fraction of sp³-hybridized carbons (Fsp3) is 0.385. The summed E-state index contributed by atoms with van der Waals surface area (Å²) >= 11 is 0. The monoisotopic (exact) mass is 259 g/mol. The van der Waals surface area contributed by atoms with Crippen LogP contribution in [-0.4, -0.2) is 26.1 Å². The van der Waals surface area contributed by atoms with Crippen LogP contribution in [0.15, 0.2) is 24.4 Å². The fourth-order valence-corrected chi connectivity index (χ4v) is 1.73. The van der Waals surface area contributed by atoms with Crippen molar-refractivity contribution < 1.29 is 4.79 Å². The van der Waals surface area contributed by atoms with Crippen LogP contribution in [0, 0.1) is 5.92 Å². The number of hydrogen-bond acceptors (Lipinski definition) is 4. The normalized spacial score (nSPS) is 12.1. The van der Waals surface area contributed by atoms with Crippen LogP contribution in [0.1, 0.15) is 26.7 Å². The second-order valence-corrected chi connectivity index (χ2v) is 4.40. The molecule has 1 atom stereocenters. The van der Waals surface area contributed by atoms with Crippen molar-refractivity contribution >= 4 is 11.9 Å². The van der Waals surface area contributed by atoms with E-state index < -0.39 is 0 Å². The lowest BCUT2D eigenvalue weighted by Crippen LogP contribution is -2.20. The molecule has 6 nitrogen and oxygen atoms in total. The molecule has 100 valence electrons. The van der Waals surface area contributed by atoms with Gasteiger partial charge in [0.15, 0.2) is 5.82 Å². The zero-order valence-electron chi connectivity index (χ0n) is 11.1. The molecule has 2 aromatic rings. The number of pyridine rings is 1. The van der Waals surface area contributed by atoms with E-state index in [-0.39, 0.29) is 17.8 Å². The van der Waals surface area contributed by atoms with Gasteiger partial charge in [-0.1, -0.05) is 26.3 Å². The standard InChI is InChI=1S/C13H17N5O/c1-3-6-9(2)12(19)16-13-15-11(17-18-13)10-7-4-5-8-14-10/h4-5,7-9H,3,6H2,1-2H3,(H2,15,16,17,18,19). The largest absolute Gasteiger partial charge is 0.293 e. The molecule has 2 heterocycles. The summed E-state index contributed by atoms with van der Waals surface area (Å²) in [5, 5.41) is 9.42. The zero-order valence-corrected chi connectivity index (χ0v) is 11.1. The third kappa shape index (κ3) is 3.37. The van der Waals surface area contributed by atoms with Crippen LogP contribution in [0.2, 0.25) is 0 Å². The molecule has 6 heteroatoms. The molecular formula is C13H17N5O. The lowest BCUT2D eigenvalue weighted by Gasteiger charge is -2.07. The van der Waals surface area contributed by atoms with E-state index in [2.05, 4.69) is 32.4 Å². The van der Waals surface area contributed by atoms with Crippen molar-refractivity contribution in [1.29, 1.82) is 0 Å². The molecule has 2 aromatic heterocycles. The molecule has 19 heavy (non-hydrogen) atoms. The van der Waals surface area contributed by atoms with E-state index in [1.54, 1.807) is 6.20 Å². The van der Waals surface area contributed by atoms with Crippen molar-refractivity contribution in [2.45, 2.75) is 26.7 Å². The third-order valence-electron chi connectivity index (χ3n) is 2.80. The molecule has 0 fully saturated rings. The van der Waals surface area contributed by atoms with Gasteiger partial charge < -0.3 is 0 Å². The quantitative estimate of drug-likeness (QED) is 0.862. The highest BCUT2D eigenvalue weighted by Crippen LogP contribution is 2.13. The Morgan fingerprint density at radius 1 is 1.47 bits per heavy atom. The van der Waals surface area contributed by atoms with Crippen LogP contribution < -0.4 is 5.32 Å². The minimum absolute atomic E-state index is 0.0400. The van der Waals surface area contributed by atoms with Crippen LogP contribution >= 0.6 is 0 Å². The fourth-order valence-electron chi connectivity index (χ4n) is 1.73. The number of anilines is 1. The van der Waals surface area contributed by atoms with Crippen LogP contribution in [0.25, 0.3) is 11.5 Å². The van der Waals surface area contributed by atoms with Gasteiger partial charge in [-0.25, -0.2) is 0 Å². The van der Waals surface area contributed by atoms with Gasteiger partial charge in [0, 0.05) is 12.1 Å². The molecule has 1 amide bonds. The Balaban J connectivity index is 2.04. The first-order valence-corrected chi connectivity index (χ1v) is 6.35. The highest BCUT2D eigenvalue weighted by atomic mass is 16.2. The number of aromatic nitrogens is 4. The molecule has 2 N–H and O–H groups in total. The van der Waals surface area contributed by atoms with Gasteiger partial charge in [0.1, 0.15) is 5.69 Å². The smallest absolute Gasteiger partial charge is 0.249 e. The molecule has 0 aliphatic heterocycles. The summed E-state index contributed by atoms with van der Waals surface area (Å²) in [4.78, 5) is 20.2. The number of carbonyl (C=O) groups is 1. The topological polar surface area (TPSA) is 83.6 Å². The lowest BCUT2D eigenvalue weighted by atomic mass is 10.1. The van der Waals surface area contributed by atoms with E-state index in [1.165, 1.54) is 0 Å². The first-order chi connectivity index (χ1) is 9.20. The molecule has 0 saturated carbocycles. The van der Waals surface area contributed by atoms with Gasteiger partial charge in [-0.3, -0.25) is 20.2 Å². The first-order valence-electron chi connectivity index (χ1n) is 6.35. The molecular weight excluding hydrogens is 242 g/mol. The highest BCUT2D eigenvalue weighted by molar-refractivity contribution is 5.90. The number of H-pyrrole nitrogens is 1. The van der Waals surface area contributed by atoms with E-state index in [1.807, 2.05) is 25.1 Å². The minimum Gasteiger partial charge on any atom is -0.293 e. The Bertz CT molecular complexity index is 537. The summed E-state index contributed by atoms with van der Waals surface area (Å²) in [5.74, 6) is 0.725. The van der Waals surface area contributed by atoms with Gasteiger partial charge >= 0.3 is 0 Å². The summed E-state index contributed by atoms with van der Waals surface area (Å²) in [5.41, 5.74) is 0.692. The maximum atomic E-state index is 11.8. The molecule has 1 unspecified atom stereocenters. The molecule has 0 aliphatic rings. The SMILES string of the molecule is CCCC(C)C(=O)Nc1n[nH]c(-c2ccccn2)n1. The maximum Gasteiger partial charge on any atom is 0.249 e. The van der Waals surface area contributed by atoms with Crippen molar-refractivity contribution in [1.82, 2.24) is 20.2 Å². The van der Waals surface area contributed by atoms with E-state index in [0.29, 0.717) is 11.5 Å². The molecule has 2 rings (SSSR count). The number of nitrogens with one attached hydrogen (secondary N) is 2. The number of carbonyl (C=O) groups excluding carboxylic acids is 1. The van der Waals surface area contributed by atoms with Crippen molar-refractivity contribution in [3.63, 3.8) is 0 Å². The Morgan fingerprint density at radius 3 is 3.00 bits per heavy atom. The molecule has 0 aromatic carbocycles. The molecule has 0 bridgehead atoms. The summed E-state index contributed by atoms with van der Waals surface area (Å²) in [6.07, 6.45) is 3.50. The highest BCUT2D eigenvalue weighted by Gasteiger charge is 2.14. The van der Waals surface area contributed by atoms with Crippen LogP contribution in [-0.2, 0) is 4.79 Å². The van der Waals surface area contributed by atoms with Gasteiger partial charge in [0.25, 0.3) is 0 Å². The van der Waals surface area contributed by atoms with Crippen LogP contribution in [0.5, 0.6) is 0 Å². The summed E-state index contributed by atoms with van der Waals surface area (Å²) < 4.78 is 0. The number of nitrogens with zero attached hydrogens (tertiary/aromatic N) is 3. The van der Waals surface area contributed by atoms with Gasteiger partial charge in [0.2, 0.25) is 11.9 Å². The number of hydrogen-bond donors (Lipinski definition) is 2. The van der Waals surface area contributed by atoms with Crippen molar-refractivity contribution in [3.05, 3.63) is 24.4 Å². The van der Waals surface area contributed by atoms with Gasteiger partial charge in [-0.05, 0) is 18.6 Å². The predicted molar refractivity (Wildman–Crippen MR) is 72.3 cm³/mol. The Hall–Kier alpha value is -2.24. The number of rotatable bonds is 5. The number of amides is 1. The molecule has 0 radical (unpaired) electrons. The van der Waals surface area contributed by atoms with Crippen molar-refractivity contribution in [3.8, 4) is 11.5 Å². The molecule has 0 aliphatic carbocycles. The van der Waals surface area contributed by atoms with E-state index in [0.717, 1.165) is 12.8 Å². The summed E-state index contributed by atoms with van der Waals surface area (Å²) in [6, 6.07) is 5.52. The lowest BCUT2D eigenvalue weighted by molar-refractivity contribution is -0.119. The zero-order chi connectivity index (χ0) is 13.7. The maximum absolute atomic E-state index is 11.8. The second kappa shape index (κ2) is 6.08. The van der Waals surface area contributed by atoms with Crippen molar-refractivity contribution in [2.24, 2.45) is 5.92 Å². The van der Waals surface area contributed by atoms with E-state index in [4.69, 9.17) is 0 Å². The predicted octanol–water partition coefficient (Wildman–Crippen LogP) is 2.24. The van der Waals surface area contributed by atoms with E-state index >= 15 is 0 Å². The van der Waals surface area contributed by atoms with Gasteiger partial charge in [-0.2, -0.15) is 4.98 Å². The Morgan fingerprint density at radius 2 is 2.32 bits per heavy atom. The summed E-state index contributed by atoms with van der Waals surface area (Å²) in [6.45, 7) is 3.95. The van der Waals surface area contributed by atoms with Crippen LogP contribution in [0.4, 0.5) is 5.95 Å². The minimum atomic E-state index is -0.0616.